The Morgan fingerprint density at radius 1 is 1.11 bits per heavy atom. The Morgan fingerprint density at radius 3 is 2.59 bits per heavy atom. The highest BCUT2D eigenvalue weighted by atomic mass is 28.4. The third kappa shape index (κ3) is 2.44. The van der Waals surface area contributed by atoms with Gasteiger partial charge in [-0.1, -0.05) is 51.0 Å². The van der Waals surface area contributed by atoms with Crippen LogP contribution in [0.15, 0.2) is 23.3 Å². The fourth-order valence-corrected chi connectivity index (χ4v) is 9.27. The summed E-state index contributed by atoms with van der Waals surface area (Å²) in [5, 5.41) is 0.319. The van der Waals surface area contributed by atoms with Crippen LogP contribution in [0.3, 0.4) is 0 Å². The highest BCUT2D eigenvalue weighted by Crippen LogP contribution is 2.76. The van der Waals surface area contributed by atoms with Crippen LogP contribution in [0.5, 0.6) is 0 Å². The molecule has 0 spiro atoms. The van der Waals surface area contributed by atoms with Gasteiger partial charge in [0.1, 0.15) is 0 Å². The fourth-order valence-electron chi connectivity index (χ4n) is 7.57. The van der Waals surface area contributed by atoms with E-state index in [-0.39, 0.29) is 5.60 Å². The molecule has 0 unspecified atom stereocenters. The highest BCUT2D eigenvalue weighted by molar-refractivity contribution is 6.74. The minimum Gasteiger partial charge on any atom is -0.410 e. The summed E-state index contributed by atoms with van der Waals surface area (Å²) in [5.74, 6) is 3.63. The second kappa shape index (κ2) is 5.63. The molecule has 0 radical (unpaired) electrons. The van der Waals surface area contributed by atoms with Gasteiger partial charge < -0.3 is 4.43 Å². The van der Waals surface area contributed by atoms with Crippen LogP contribution in [0, 0.1) is 29.1 Å². The predicted octanol–water partition coefficient (Wildman–Crippen LogP) is 7.26. The summed E-state index contributed by atoms with van der Waals surface area (Å²) < 4.78 is 7.30. The molecule has 1 nitrogen and oxygen atoms in total. The Balaban J connectivity index is 1.43. The molecular formula is C25H40OSi. The minimum absolute atomic E-state index is 0.243. The zero-order valence-corrected chi connectivity index (χ0v) is 19.5. The molecule has 0 aromatic rings. The van der Waals surface area contributed by atoms with Crippen LogP contribution in [0.1, 0.15) is 79.1 Å². The van der Waals surface area contributed by atoms with Gasteiger partial charge in [0.2, 0.25) is 0 Å². The van der Waals surface area contributed by atoms with Crippen molar-refractivity contribution in [2.45, 2.75) is 103 Å². The van der Waals surface area contributed by atoms with E-state index in [9.17, 15) is 0 Å². The van der Waals surface area contributed by atoms with Crippen molar-refractivity contribution < 1.29 is 4.43 Å². The van der Waals surface area contributed by atoms with Crippen LogP contribution in [-0.4, -0.2) is 13.9 Å². The molecule has 3 fully saturated rings. The zero-order valence-electron chi connectivity index (χ0n) is 18.5. The third-order valence-electron chi connectivity index (χ3n) is 10.2. The standard InChI is InChI=1S/C25H40OSi/c1-23(2,3)27(5,6)26-25-16-18(25)15-22-21-12-11-17-9-7-8-10-19(17)20(21)13-14-24(22,25)4/h7-8,18,20-22H,9-16H2,1-6H3/t18-,20+,21+,22-,24-,25-/m0/s1. The molecule has 0 aliphatic heterocycles. The zero-order chi connectivity index (χ0) is 19.2. The van der Waals surface area contributed by atoms with Crippen LogP contribution in [0.2, 0.25) is 18.1 Å². The van der Waals surface area contributed by atoms with Gasteiger partial charge in [0.05, 0.1) is 5.60 Å². The van der Waals surface area contributed by atoms with E-state index in [0.717, 1.165) is 23.7 Å². The maximum Gasteiger partial charge on any atom is 0.192 e. The van der Waals surface area contributed by atoms with E-state index in [1.807, 2.05) is 11.1 Å². The van der Waals surface area contributed by atoms with Gasteiger partial charge in [-0.3, -0.25) is 0 Å². The van der Waals surface area contributed by atoms with Crippen molar-refractivity contribution in [3.8, 4) is 0 Å². The Bertz CT molecular complexity index is 710. The number of fused-ring (bicyclic) bond motifs is 6. The van der Waals surface area contributed by atoms with Crippen LogP contribution in [0.25, 0.3) is 0 Å². The molecule has 27 heavy (non-hydrogen) atoms. The lowest BCUT2D eigenvalue weighted by Gasteiger charge is -2.55. The molecule has 0 amide bonds. The van der Waals surface area contributed by atoms with E-state index in [2.05, 4.69) is 52.9 Å². The summed E-state index contributed by atoms with van der Waals surface area (Å²) in [6.45, 7) is 14.8. The van der Waals surface area contributed by atoms with Crippen molar-refractivity contribution in [3.63, 3.8) is 0 Å². The smallest absolute Gasteiger partial charge is 0.192 e. The minimum atomic E-state index is -1.71. The Labute approximate surface area is 168 Å². The summed E-state index contributed by atoms with van der Waals surface area (Å²) in [6, 6.07) is 0. The van der Waals surface area contributed by atoms with E-state index < -0.39 is 8.32 Å². The monoisotopic (exact) mass is 384 g/mol. The Hall–Kier alpha value is -0.343. The first-order valence-corrected chi connectivity index (χ1v) is 14.6. The van der Waals surface area contributed by atoms with Crippen LogP contribution < -0.4 is 0 Å². The van der Waals surface area contributed by atoms with E-state index in [4.69, 9.17) is 4.43 Å². The predicted molar refractivity (Wildman–Crippen MR) is 116 cm³/mol. The normalized spacial score (nSPS) is 45.9. The Morgan fingerprint density at radius 2 is 1.85 bits per heavy atom. The Kier molecular flexibility index (Phi) is 3.89. The lowest BCUT2D eigenvalue weighted by Crippen LogP contribution is -2.54. The fraction of sp³-hybridized carbons (Fsp3) is 0.840. The second-order valence-electron chi connectivity index (χ2n) is 12.3. The van der Waals surface area contributed by atoms with Gasteiger partial charge in [-0.25, -0.2) is 0 Å². The highest BCUT2D eigenvalue weighted by Gasteiger charge is 2.76. The molecular weight excluding hydrogens is 344 g/mol. The first-order chi connectivity index (χ1) is 12.6. The number of hydrogen-bond donors (Lipinski definition) is 0. The van der Waals surface area contributed by atoms with Gasteiger partial charge in [0.15, 0.2) is 8.32 Å². The van der Waals surface area contributed by atoms with E-state index in [1.54, 1.807) is 0 Å². The van der Waals surface area contributed by atoms with Crippen molar-refractivity contribution in [1.82, 2.24) is 0 Å². The van der Waals surface area contributed by atoms with Crippen molar-refractivity contribution in [1.29, 1.82) is 0 Å². The molecule has 0 heterocycles. The van der Waals surface area contributed by atoms with Crippen LogP contribution in [-0.2, 0) is 4.43 Å². The van der Waals surface area contributed by atoms with Crippen molar-refractivity contribution in [3.05, 3.63) is 23.3 Å². The summed E-state index contributed by atoms with van der Waals surface area (Å²) in [5.41, 5.74) is 4.37. The van der Waals surface area contributed by atoms with Gasteiger partial charge in [-0.05, 0) is 98.6 Å². The van der Waals surface area contributed by atoms with Crippen molar-refractivity contribution >= 4 is 8.32 Å². The van der Waals surface area contributed by atoms with Crippen molar-refractivity contribution in [2.75, 3.05) is 0 Å². The lowest BCUT2D eigenvalue weighted by molar-refractivity contribution is -0.0580. The molecule has 3 saturated carbocycles. The molecule has 0 aromatic carbocycles. The maximum absolute atomic E-state index is 7.30. The quantitative estimate of drug-likeness (QED) is 0.359. The molecule has 2 heteroatoms. The van der Waals surface area contributed by atoms with Gasteiger partial charge in [-0.15, -0.1) is 0 Å². The molecule has 0 bridgehead atoms. The molecule has 0 saturated heterocycles. The first-order valence-electron chi connectivity index (χ1n) is 11.6. The number of rotatable bonds is 2. The molecule has 150 valence electrons. The molecule has 5 aliphatic carbocycles. The SMILES string of the molecule is CC(C)(C)[Si](C)(C)O[C@@]12C[C@@H]1C[C@H]1[C@@H]3CCC4=C(CC=CC4)[C@H]3CC[C@@]12C. The maximum atomic E-state index is 7.30. The average Bonchev–Trinajstić information content (AvgIpc) is 3.23. The molecule has 6 atom stereocenters. The summed E-state index contributed by atoms with van der Waals surface area (Å²) in [4.78, 5) is 0. The topological polar surface area (TPSA) is 9.23 Å². The van der Waals surface area contributed by atoms with Gasteiger partial charge in [0.25, 0.3) is 0 Å². The summed E-state index contributed by atoms with van der Waals surface area (Å²) >= 11 is 0. The lowest BCUT2D eigenvalue weighted by atomic mass is 9.53. The molecule has 0 N–H and O–H groups in total. The van der Waals surface area contributed by atoms with Crippen LogP contribution >= 0.6 is 0 Å². The largest absolute Gasteiger partial charge is 0.410 e. The van der Waals surface area contributed by atoms with Gasteiger partial charge in [-0.2, -0.15) is 0 Å². The summed E-state index contributed by atoms with van der Waals surface area (Å²) in [6.07, 6.45) is 15.9. The average molecular weight is 385 g/mol. The van der Waals surface area contributed by atoms with Gasteiger partial charge >= 0.3 is 0 Å². The molecule has 5 rings (SSSR count). The summed E-state index contributed by atoms with van der Waals surface area (Å²) in [7, 11) is -1.71. The van der Waals surface area contributed by atoms with Gasteiger partial charge in [0, 0.05) is 0 Å². The molecule has 5 aliphatic rings. The van der Waals surface area contributed by atoms with E-state index in [0.29, 0.717) is 10.5 Å². The third-order valence-corrected chi connectivity index (χ3v) is 14.7. The number of hydrogen-bond acceptors (Lipinski definition) is 1. The first kappa shape index (κ1) is 18.7. The van der Waals surface area contributed by atoms with Crippen molar-refractivity contribution in [2.24, 2.45) is 29.1 Å². The van der Waals surface area contributed by atoms with E-state index >= 15 is 0 Å². The number of allylic oxidation sites excluding steroid dienone is 4. The molecule has 0 aromatic heterocycles. The second-order valence-corrected chi connectivity index (χ2v) is 17.0. The van der Waals surface area contributed by atoms with E-state index in [1.165, 1.54) is 51.4 Å². The van der Waals surface area contributed by atoms with Crippen LogP contribution in [0.4, 0.5) is 0 Å².